The Morgan fingerprint density at radius 1 is 1.33 bits per heavy atom. The second-order valence-corrected chi connectivity index (χ2v) is 6.26. The number of amides is 1. The molecule has 1 aromatic heterocycles. The van der Waals surface area contributed by atoms with Crippen molar-refractivity contribution >= 4 is 11.9 Å². The maximum atomic E-state index is 12.4. The van der Waals surface area contributed by atoms with Crippen molar-refractivity contribution < 1.29 is 23.8 Å². The lowest BCUT2D eigenvalue weighted by molar-refractivity contribution is -0.198. The van der Waals surface area contributed by atoms with Gasteiger partial charge in [0.1, 0.15) is 0 Å². The van der Waals surface area contributed by atoms with Crippen LogP contribution in [0.4, 0.5) is 0 Å². The maximum Gasteiger partial charge on any atom is 0.371 e. The summed E-state index contributed by atoms with van der Waals surface area (Å²) in [7, 11) is 3.37. The molecule has 0 aliphatic heterocycles. The Kier molecular flexibility index (Phi) is 3.61. The Labute approximate surface area is 123 Å². The van der Waals surface area contributed by atoms with Gasteiger partial charge in [0, 0.05) is 25.6 Å². The van der Waals surface area contributed by atoms with Crippen LogP contribution < -0.4 is 0 Å². The second kappa shape index (κ2) is 4.87. The average Bonchev–Trinajstić information content (AvgIpc) is 2.92. The summed E-state index contributed by atoms with van der Waals surface area (Å²) in [6, 6.07) is 2.69. The second-order valence-electron chi connectivity index (χ2n) is 6.26. The van der Waals surface area contributed by atoms with Crippen molar-refractivity contribution in [2.75, 3.05) is 14.2 Å². The quantitative estimate of drug-likeness (QED) is 0.921. The number of nitrogens with zero attached hydrogens (tertiary/aromatic N) is 1. The number of hydrogen-bond donors (Lipinski definition) is 1. The Morgan fingerprint density at radius 2 is 1.90 bits per heavy atom. The molecule has 2 atom stereocenters. The number of carbonyl (C=O) groups excluding carboxylic acids is 1. The number of rotatable bonds is 4. The van der Waals surface area contributed by atoms with Gasteiger partial charge in [-0.1, -0.05) is 13.8 Å². The van der Waals surface area contributed by atoms with E-state index in [0.29, 0.717) is 0 Å². The summed E-state index contributed by atoms with van der Waals surface area (Å²) in [6.45, 7) is 6.13. The normalized spacial score (nSPS) is 27.0. The molecule has 1 aliphatic rings. The van der Waals surface area contributed by atoms with E-state index in [1.54, 1.807) is 19.1 Å². The standard InChI is InChI=1S/C15H21NO5/c1-14(2)11(8-15(14,3)20-5)16(4)12(17)9-6-7-10(21-9)13(18)19/h6-7,11H,8H2,1-5H3,(H,18,19)/t11-,15+/m1/s1. The molecule has 0 saturated heterocycles. The number of furan rings is 1. The zero-order chi connectivity index (χ0) is 16.0. The first kappa shape index (κ1) is 15.6. The molecule has 1 N–H and O–H groups in total. The molecule has 6 heteroatoms. The van der Waals surface area contributed by atoms with E-state index < -0.39 is 5.97 Å². The first-order valence-electron chi connectivity index (χ1n) is 6.79. The highest BCUT2D eigenvalue weighted by Gasteiger charge is 2.60. The topological polar surface area (TPSA) is 80.0 Å². The van der Waals surface area contributed by atoms with Crippen molar-refractivity contribution in [2.24, 2.45) is 5.41 Å². The van der Waals surface area contributed by atoms with E-state index in [0.717, 1.165) is 6.42 Å². The molecule has 21 heavy (non-hydrogen) atoms. The third-order valence-electron chi connectivity index (χ3n) is 5.04. The summed E-state index contributed by atoms with van der Waals surface area (Å²) in [5.41, 5.74) is -0.476. The Balaban J connectivity index is 2.15. The summed E-state index contributed by atoms with van der Waals surface area (Å²) >= 11 is 0. The van der Waals surface area contributed by atoms with Crippen molar-refractivity contribution in [2.45, 2.75) is 38.8 Å². The third kappa shape index (κ3) is 2.23. The molecule has 0 radical (unpaired) electrons. The lowest BCUT2D eigenvalue weighted by Crippen LogP contribution is -2.68. The van der Waals surface area contributed by atoms with E-state index in [1.807, 2.05) is 6.92 Å². The highest BCUT2D eigenvalue weighted by Crippen LogP contribution is 2.53. The fourth-order valence-electron chi connectivity index (χ4n) is 2.96. The van der Waals surface area contributed by atoms with Gasteiger partial charge in [0.25, 0.3) is 5.91 Å². The molecule has 0 aromatic carbocycles. The van der Waals surface area contributed by atoms with Gasteiger partial charge in [-0.2, -0.15) is 0 Å². The molecule has 1 saturated carbocycles. The van der Waals surface area contributed by atoms with Gasteiger partial charge in [-0.05, 0) is 25.5 Å². The highest BCUT2D eigenvalue weighted by molar-refractivity contribution is 5.93. The minimum atomic E-state index is -1.19. The molecule has 116 valence electrons. The molecular weight excluding hydrogens is 274 g/mol. The fourth-order valence-corrected chi connectivity index (χ4v) is 2.96. The molecule has 1 aliphatic carbocycles. The van der Waals surface area contributed by atoms with Crippen LogP contribution in [0, 0.1) is 5.41 Å². The Morgan fingerprint density at radius 3 is 2.33 bits per heavy atom. The van der Waals surface area contributed by atoms with Gasteiger partial charge in [0.15, 0.2) is 5.76 Å². The minimum Gasteiger partial charge on any atom is -0.475 e. The summed E-state index contributed by atoms with van der Waals surface area (Å²) in [4.78, 5) is 24.8. The van der Waals surface area contributed by atoms with Crippen LogP contribution in [-0.2, 0) is 4.74 Å². The largest absolute Gasteiger partial charge is 0.475 e. The summed E-state index contributed by atoms with van der Waals surface area (Å²) < 4.78 is 10.6. The van der Waals surface area contributed by atoms with Crippen molar-refractivity contribution in [1.29, 1.82) is 0 Å². The molecule has 0 spiro atoms. The number of carboxylic acids is 1. The monoisotopic (exact) mass is 295 g/mol. The number of ether oxygens (including phenoxy) is 1. The van der Waals surface area contributed by atoms with Crippen LogP contribution in [0.2, 0.25) is 0 Å². The van der Waals surface area contributed by atoms with Crippen LogP contribution >= 0.6 is 0 Å². The van der Waals surface area contributed by atoms with Gasteiger partial charge in [-0.25, -0.2) is 4.79 Å². The molecule has 1 aromatic rings. The van der Waals surface area contributed by atoms with Crippen LogP contribution in [0.3, 0.4) is 0 Å². The van der Waals surface area contributed by atoms with E-state index in [1.165, 1.54) is 12.1 Å². The van der Waals surface area contributed by atoms with Crippen molar-refractivity contribution in [3.05, 3.63) is 23.7 Å². The highest BCUT2D eigenvalue weighted by atomic mass is 16.5. The summed E-state index contributed by atoms with van der Waals surface area (Å²) in [5.74, 6) is -1.70. The van der Waals surface area contributed by atoms with Gasteiger partial charge in [0.2, 0.25) is 5.76 Å². The first-order valence-corrected chi connectivity index (χ1v) is 6.79. The van der Waals surface area contributed by atoms with Crippen molar-refractivity contribution in [1.82, 2.24) is 4.90 Å². The van der Waals surface area contributed by atoms with Crippen LogP contribution in [0.5, 0.6) is 0 Å². The molecule has 1 fully saturated rings. The number of carboxylic acid groups (broad SMARTS) is 1. The molecule has 1 heterocycles. The number of aromatic carboxylic acids is 1. The van der Waals surface area contributed by atoms with Gasteiger partial charge in [-0.15, -0.1) is 0 Å². The van der Waals surface area contributed by atoms with Crippen LogP contribution in [-0.4, -0.2) is 47.7 Å². The number of carbonyl (C=O) groups is 2. The predicted molar refractivity (Wildman–Crippen MR) is 75.4 cm³/mol. The Bertz CT molecular complexity index is 576. The van der Waals surface area contributed by atoms with Gasteiger partial charge >= 0.3 is 5.97 Å². The minimum absolute atomic E-state index is 0.00771. The molecular formula is C15H21NO5. The van der Waals surface area contributed by atoms with Gasteiger partial charge < -0.3 is 19.2 Å². The van der Waals surface area contributed by atoms with E-state index in [2.05, 4.69) is 13.8 Å². The lowest BCUT2D eigenvalue weighted by Gasteiger charge is -2.61. The van der Waals surface area contributed by atoms with Crippen LogP contribution in [0.1, 0.15) is 48.3 Å². The van der Waals surface area contributed by atoms with Gasteiger partial charge in [-0.3, -0.25) is 4.79 Å². The SMILES string of the molecule is CO[C@@]1(C)C[C@@H](N(C)C(=O)c2ccc(C(=O)O)o2)C1(C)C. The smallest absolute Gasteiger partial charge is 0.371 e. The Hall–Kier alpha value is -1.82. The van der Waals surface area contributed by atoms with E-state index >= 15 is 0 Å². The number of methoxy groups -OCH3 is 1. The van der Waals surface area contributed by atoms with Crippen LogP contribution in [0.15, 0.2) is 16.5 Å². The molecule has 1 amide bonds. The molecule has 2 rings (SSSR count). The predicted octanol–water partition coefficient (Wildman–Crippen LogP) is 2.25. The zero-order valence-electron chi connectivity index (χ0n) is 13.0. The van der Waals surface area contributed by atoms with E-state index in [4.69, 9.17) is 14.3 Å². The fraction of sp³-hybridized carbons (Fsp3) is 0.600. The summed E-state index contributed by atoms with van der Waals surface area (Å²) in [5, 5.41) is 8.83. The number of hydrogen-bond acceptors (Lipinski definition) is 4. The molecule has 6 nitrogen and oxygen atoms in total. The van der Waals surface area contributed by atoms with Crippen molar-refractivity contribution in [3.63, 3.8) is 0 Å². The average molecular weight is 295 g/mol. The lowest BCUT2D eigenvalue weighted by atomic mass is 9.55. The van der Waals surface area contributed by atoms with Gasteiger partial charge in [0.05, 0.1) is 5.60 Å². The third-order valence-corrected chi connectivity index (χ3v) is 5.04. The summed E-state index contributed by atoms with van der Waals surface area (Å²) in [6.07, 6.45) is 0.727. The van der Waals surface area contributed by atoms with Crippen LogP contribution in [0.25, 0.3) is 0 Å². The van der Waals surface area contributed by atoms with E-state index in [9.17, 15) is 9.59 Å². The van der Waals surface area contributed by atoms with Crippen molar-refractivity contribution in [3.8, 4) is 0 Å². The first-order chi connectivity index (χ1) is 9.64. The molecule has 0 bridgehead atoms. The maximum absolute atomic E-state index is 12.4. The van der Waals surface area contributed by atoms with E-state index in [-0.39, 0.29) is 34.5 Å². The zero-order valence-corrected chi connectivity index (χ0v) is 13.0. The molecule has 0 unspecified atom stereocenters.